The lowest BCUT2D eigenvalue weighted by Crippen LogP contribution is -2.15. The monoisotopic (exact) mass is 293 g/mol. The number of rotatable bonds is 3. The Morgan fingerprint density at radius 3 is 2.30 bits per heavy atom. The zero-order valence-electron chi connectivity index (χ0n) is 11.6. The Balaban J connectivity index is 2.43. The third kappa shape index (κ3) is 2.99. The van der Waals surface area contributed by atoms with Crippen molar-refractivity contribution in [3.05, 3.63) is 58.9 Å². The lowest BCUT2D eigenvalue weighted by molar-refractivity contribution is 0.598. The summed E-state index contributed by atoms with van der Waals surface area (Å²) in [5.74, 6) is -0.451. The molecule has 0 saturated heterocycles. The standard InChI is InChI=1S/C15H16FNO2S/c1-10-4-5-11(2)14(8-10)17-20(18,19)15-7-6-13(16)9-12(15)3/h4-9,17H,1-3H3. The van der Waals surface area contributed by atoms with Gasteiger partial charge in [0.2, 0.25) is 0 Å². The SMILES string of the molecule is Cc1ccc(C)c(NS(=O)(=O)c2ccc(F)cc2C)c1. The van der Waals surface area contributed by atoms with Gasteiger partial charge in [0.1, 0.15) is 5.82 Å². The second-order valence-corrected chi connectivity index (χ2v) is 6.48. The fourth-order valence-electron chi connectivity index (χ4n) is 1.96. The van der Waals surface area contributed by atoms with Crippen LogP contribution in [0.3, 0.4) is 0 Å². The molecule has 3 nitrogen and oxygen atoms in total. The minimum absolute atomic E-state index is 0.0832. The van der Waals surface area contributed by atoms with Crippen LogP contribution in [-0.4, -0.2) is 8.42 Å². The lowest BCUT2D eigenvalue weighted by Gasteiger charge is -2.13. The summed E-state index contributed by atoms with van der Waals surface area (Å²) in [6, 6.07) is 9.16. The van der Waals surface area contributed by atoms with E-state index >= 15 is 0 Å². The van der Waals surface area contributed by atoms with Crippen LogP contribution >= 0.6 is 0 Å². The van der Waals surface area contributed by atoms with Crippen LogP contribution in [0.5, 0.6) is 0 Å². The van der Waals surface area contributed by atoms with Crippen molar-refractivity contribution >= 4 is 15.7 Å². The Morgan fingerprint density at radius 1 is 0.950 bits per heavy atom. The van der Waals surface area contributed by atoms with Gasteiger partial charge in [0.15, 0.2) is 0 Å². The molecule has 0 bridgehead atoms. The van der Waals surface area contributed by atoms with Crippen LogP contribution in [0.2, 0.25) is 0 Å². The number of sulfonamides is 1. The van der Waals surface area contributed by atoms with E-state index in [9.17, 15) is 12.8 Å². The predicted octanol–water partition coefficient (Wildman–Crippen LogP) is 3.55. The highest BCUT2D eigenvalue weighted by Gasteiger charge is 2.18. The van der Waals surface area contributed by atoms with Gasteiger partial charge in [-0.2, -0.15) is 0 Å². The Hall–Kier alpha value is -1.88. The summed E-state index contributed by atoms with van der Waals surface area (Å²) in [5, 5.41) is 0. The topological polar surface area (TPSA) is 46.2 Å². The zero-order chi connectivity index (χ0) is 14.9. The van der Waals surface area contributed by atoms with E-state index in [0.717, 1.165) is 17.2 Å². The van der Waals surface area contributed by atoms with Crippen LogP contribution < -0.4 is 4.72 Å². The molecule has 2 aromatic carbocycles. The van der Waals surface area contributed by atoms with Gasteiger partial charge in [-0.3, -0.25) is 4.72 Å². The predicted molar refractivity (Wildman–Crippen MR) is 77.9 cm³/mol. The maximum atomic E-state index is 13.1. The van der Waals surface area contributed by atoms with Crippen molar-refractivity contribution in [2.75, 3.05) is 4.72 Å². The third-order valence-corrected chi connectivity index (χ3v) is 4.59. The number of aryl methyl sites for hydroxylation is 3. The molecule has 0 fully saturated rings. The number of hydrogen-bond acceptors (Lipinski definition) is 2. The molecule has 0 aliphatic heterocycles. The van der Waals surface area contributed by atoms with Crippen LogP contribution in [0.15, 0.2) is 41.3 Å². The van der Waals surface area contributed by atoms with E-state index in [1.165, 1.54) is 12.1 Å². The van der Waals surface area contributed by atoms with E-state index in [2.05, 4.69) is 4.72 Å². The van der Waals surface area contributed by atoms with Gasteiger partial charge in [-0.1, -0.05) is 12.1 Å². The summed E-state index contributed by atoms with van der Waals surface area (Å²) in [6.45, 7) is 5.29. The van der Waals surface area contributed by atoms with Crippen molar-refractivity contribution in [1.29, 1.82) is 0 Å². The second-order valence-electron chi connectivity index (χ2n) is 4.83. The van der Waals surface area contributed by atoms with Crippen molar-refractivity contribution < 1.29 is 12.8 Å². The van der Waals surface area contributed by atoms with Gasteiger partial charge >= 0.3 is 0 Å². The average Bonchev–Trinajstić information content (AvgIpc) is 2.33. The van der Waals surface area contributed by atoms with Gasteiger partial charge in [0.25, 0.3) is 10.0 Å². The van der Waals surface area contributed by atoms with Gasteiger partial charge in [-0.15, -0.1) is 0 Å². The highest BCUT2D eigenvalue weighted by atomic mass is 32.2. The van der Waals surface area contributed by atoms with Gasteiger partial charge in [-0.25, -0.2) is 12.8 Å². The first-order valence-electron chi connectivity index (χ1n) is 6.16. The molecule has 2 aromatic rings. The van der Waals surface area contributed by atoms with E-state index in [0.29, 0.717) is 11.3 Å². The molecule has 106 valence electrons. The molecule has 1 N–H and O–H groups in total. The van der Waals surface area contributed by atoms with Crippen molar-refractivity contribution in [2.45, 2.75) is 25.7 Å². The summed E-state index contributed by atoms with van der Waals surface area (Å²) in [7, 11) is -3.72. The quantitative estimate of drug-likeness (QED) is 0.940. The lowest BCUT2D eigenvalue weighted by atomic mass is 10.1. The van der Waals surface area contributed by atoms with Crippen molar-refractivity contribution in [1.82, 2.24) is 0 Å². The molecule has 0 aromatic heterocycles. The molecular formula is C15H16FNO2S. The molecule has 0 atom stereocenters. The number of halogens is 1. The summed E-state index contributed by atoms with van der Waals surface area (Å²) < 4.78 is 40.3. The second kappa shape index (κ2) is 5.25. The van der Waals surface area contributed by atoms with Crippen molar-refractivity contribution in [3.8, 4) is 0 Å². The third-order valence-electron chi connectivity index (χ3n) is 3.06. The molecule has 0 spiro atoms. The fraction of sp³-hybridized carbons (Fsp3) is 0.200. The molecule has 0 aliphatic rings. The molecule has 2 rings (SSSR count). The maximum absolute atomic E-state index is 13.1. The average molecular weight is 293 g/mol. The van der Waals surface area contributed by atoms with Crippen LogP contribution in [0, 0.1) is 26.6 Å². The van der Waals surface area contributed by atoms with Crippen LogP contribution in [-0.2, 0) is 10.0 Å². The Labute approximate surface area is 118 Å². The molecule has 0 amide bonds. The van der Waals surface area contributed by atoms with E-state index in [1.807, 2.05) is 26.0 Å². The molecule has 20 heavy (non-hydrogen) atoms. The Bertz CT molecular complexity index is 754. The van der Waals surface area contributed by atoms with Crippen LogP contribution in [0.4, 0.5) is 10.1 Å². The number of anilines is 1. The van der Waals surface area contributed by atoms with Crippen molar-refractivity contribution in [2.24, 2.45) is 0 Å². The van der Waals surface area contributed by atoms with E-state index in [1.54, 1.807) is 13.0 Å². The summed E-state index contributed by atoms with van der Waals surface area (Å²) in [6.07, 6.45) is 0. The summed E-state index contributed by atoms with van der Waals surface area (Å²) in [5.41, 5.74) is 2.71. The molecule has 0 radical (unpaired) electrons. The number of benzene rings is 2. The molecule has 0 unspecified atom stereocenters. The minimum Gasteiger partial charge on any atom is -0.279 e. The summed E-state index contributed by atoms with van der Waals surface area (Å²) >= 11 is 0. The zero-order valence-corrected chi connectivity index (χ0v) is 12.4. The van der Waals surface area contributed by atoms with E-state index in [-0.39, 0.29) is 4.90 Å². The molecular weight excluding hydrogens is 277 g/mol. The number of nitrogens with one attached hydrogen (secondary N) is 1. The van der Waals surface area contributed by atoms with Gasteiger partial charge in [0, 0.05) is 0 Å². The molecule has 0 heterocycles. The first-order valence-corrected chi connectivity index (χ1v) is 7.64. The summed E-state index contributed by atoms with van der Waals surface area (Å²) in [4.78, 5) is 0.0832. The van der Waals surface area contributed by atoms with Gasteiger partial charge in [0.05, 0.1) is 10.6 Å². The Kier molecular flexibility index (Phi) is 3.81. The first kappa shape index (κ1) is 14.5. The van der Waals surface area contributed by atoms with Crippen LogP contribution in [0.1, 0.15) is 16.7 Å². The number of hydrogen-bond donors (Lipinski definition) is 1. The van der Waals surface area contributed by atoms with E-state index < -0.39 is 15.8 Å². The van der Waals surface area contributed by atoms with Gasteiger partial charge in [-0.05, 0) is 61.7 Å². The van der Waals surface area contributed by atoms with Crippen LogP contribution in [0.25, 0.3) is 0 Å². The maximum Gasteiger partial charge on any atom is 0.262 e. The minimum atomic E-state index is -3.72. The largest absolute Gasteiger partial charge is 0.279 e. The smallest absolute Gasteiger partial charge is 0.262 e. The van der Waals surface area contributed by atoms with Crippen molar-refractivity contribution in [3.63, 3.8) is 0 Å². The highest BCUT2D eigenvalue weighted by Crippen LogP contribution is 2.23. The van der Waals surface area contributed by atoms with Gasteiger partial charge < -0.3 is 0 Å². The fourth-order valence-corrected chi connectivity index (χ4v) is 3.31. The first-order chi connectivity index (χ1) is 9.29. The Morgan fingerprint density at radius 2 is 1.65 bits per heavy atom. The normalized spacial score (nSPS) is 11.4. The molecule has 0 aliphatic carbocycles. The molecule has 5 heteroatoms. The van der Waals surface area contributed by atoms with E-state index in [4.69, 9.17) is 0 Å². The molecule has 0 saturated carbocycles. The highest BCUT2D eigenvalue weighted by molar-refractivity contribution is 7.92.